The van der Waals surface area contributed by atoms with E-state index in [0.717, 1.165) is 12.1 Å². The molecule has 0 spiro atoms. The third-order valence-electron chi connectivity index (χ3n) is 6.80. The third kappa shape index (κ3) is 6.98. The molecule has 4 N–H and O–H groups in total. The van der Waals surface area contributed by atoms with Gasteiger partial charge in [-0.05, 0) is 42.3 Å². The number of para-hydroxylation sites is 1. The van der Waals surface area contributed by atoms with Crippen LogP contribution in [0.4, 0.5) is 34.6 Å². The first kappa shape index (κ1) is 30.3. The summed E-state index contributed by atoms with van der Waals surface area (Å²) in [6.07, 6.45) is -6.72. The van der Waals surface area contributed by atoms with Crippen molar-refractivity contribution in [2.75, 3.05) is 16.8 Å². The Morgan fingerprint density at radius 3 is 2.50 bits per heavy atom. The number of alkyl halides is 3. The van der Waals surface area contributed by atoms with Crippen molar-refractivity contribution in [2.45, 2.75) is 31.0 Å². The summed E-state index contributed by atoms with van der Waals surface area (Å²) in [7, 11) is 0. The van der Waals surface area contributed by atoms with Crippen LogP contribution in [0.2, 0.25) is 5.02 Å². The molecule has 0 fully saturated rings. The van der Waals surface area contributed by atoms with Crippen molar-refractivity contribution in [1.82, 2.24) is 5.32 Å². The Balaban J connectivity index is 1.74. The number of primary amides is 1. The first-order chi connectivity index (χ1) is 19.9. The minimum atomic E-state index is -4.61. The van der Waals surface area contributed by atoms with Crippen LogP contribution in [0.3, 0.4) is 0 Å². The van der Waals surface area contributed by atoms with Crippen molar-refractivity contribution in [3.63, 3.8) is 0 Å². The van der Waals surface area contributed by atoms with E-state index in [1.54, 1.807) is 30.3 Å². The van der Waals surface area contributed by atoms with Gasteiger partial charge in [-0.25, -0.2) is 4.39 Å². The van der Waals surface area contributed by atoms with Crippen molar-refractivity contribution in [1.29, 1.82) is 5.26 Å². The van der Waals surface area contributed by atoms with Gasteiger partial charge < -0.3 is 21.3 Å². The fourth-order valence-corrected chi connectivity index (χ4v) is 5.08. The second kappa shape index (κ2) is 12.5. The summed E-state index contributed by atoms with van der Waals surface area (Å²) in [5, 5.41) is 14.7. The number of rotatable bonds is 8. The first-order valence-corrected chi connectivity index (χ1v) is 13.0. The van der Waals surface area contributed by atoms with Crippen molar-refractivity contribution in [3.8, 4) is 6.07 Å². The van der Waals surface area contributed by atoms with Crippen LogP contribution in [0.15, 0.2) is 66.7 Å². The SMILES string of the molecule is N#Cc1cc(F)cc(N2C[C@H](NC(=O)[C@@H](c3ccccc3)[C@@H](CCC(F)(F)F)C(N)=O)C(=O)Nc3c(Cl)cccc32)c1. The van der Waals surface area contributed by atoms with Gasteiger partial charge in [-0.1, -0.05) is 48.0 Å². The van der Waals surface area contributed by atoms with E-state index in [1.807, 2.05) is 6.07 Å². The topological polar surface area (TPSA) is 128 Å². The lowest BCUT2D eigenvalue weighted by atomic mass is 9.81. The predicted molar refractivity (Wildman–Crippen MR) is 147 cm³/mol. The molecule has 0 aromatic heterocycles. The molecule has 1 aliphatic heterocycles. The molecule has 0 saturated carbocycles. The molecular formula is C29H24ClF4N5O3. The van der Waals surface area contributed by atoms with Crippen LogP contribution in [0.5, 0.6) is 0 Å². The minimum absolute atomic E-state index is 0.00389. The Kier molecular flexibility index (Phi) is 9.02. The molecule has 3 aromatic rings. The van der Waals surface area contributed by atoms with Gasteiger partial charge in [0.1, 0.15) is 11.9 Å². The van der Waals surface area contributed by atoms with Gasteiger partial charge >= 0.3 is 6.18 Å². The van der Waals surface area contributed by atoms with Crippen molar-refractivity contribution in [3.05, 3.63) is 88.7 Å². The number of halogens is 5. The number of anilines is 3. The van der Waals surface area contributed by atoms with Gasteiger partial charge in [0.25, 0.3) is 0 Å². The number of nitriles is 1. The van der Waals surface area contributed by atoms with Crippen LogP contribution < -0.4 is 21.3 Å². The predicted octanol–water partition coefficient (Wildman–Crippen LogP) is 5.15. The standard InChI is InChI=1S/C29H24ClF4N5O3/c30-21-7-4-8-23-25(21)38-27(41)22(15-39(23)19-12-16(14-35)11-18(31)13-19)37-28(42)24(17-5-2-1-3-6-17)20(26(36)40)9-10-29(32,33)34/h1-8,11-13,20,22,24H,9-10,15H2,(H2,36,40)(H,37,42)(H,38,41)/t20-,22+,24+/m1/s1. The van der Waals surface area contributed by atoms with Gasteiger partial charge in [-0.2, -0.15) is 18.4 Å². The Hall–Kier alpha value is -4.63. The number of amides is 3. The highest BCUT2D eigenvalue weighted by atomic mass is 35.5. The van der Waals surface area contributed by atoms with Gasteiger partial charge in [-0.3, -0.25) is 14.4 Å². The quantitative estimate of drug-likeness (QED) is 0.308. The van der Waals surface area contributed by atoms with Crippen LogP contribution in [0.25, 0.3) is 0 Å². The maximum atomic E-state index is 14.4. The summed E-state index contributed by atoms with van der Waals surface area (Å²) >= 11 is 6.36. The average molecular weight is 602 g/mol. The summed E-state index contributed by atoms with van der Waals surface area (Å²) < 4.78 is 53.7. The Morgan fingerprint density at radius 2 is 1.86 bits per heavy atom. The third-order valence-corrected chi connectivity index (χ3v) is 7.11. The Morgan fingerprint density at radius 1 is 1.14 bits per heavy atom. The smallest absolute Gasteiger partial charge is 0.369 e. The monoisotopic (exact) mass is 601 g/mol. The second-order valence-corrected chi connectivity index (χ2v) is 10.1. The van der Waals surface area contributed by atoms with Gasteiger partial charge in [-0.15, -0.1) is 0 Å². The van der Waals surface area contributed by atoms with Crippen molar-refractivity contribution in [2.24, 2.45) is 11.7 Å². The summed E-state index contributed by atoms with van der Waals surface area (Å²) in [4.78, 5) is 41.0. The molecule has 0 bridgehead atoms. The Bertz CT molecular complexity index is 1540. The molecule has 0 radical (unpaired) electrons. The van der Waals surface area contributed by atoms with E-state index < -0.39 is 60.4 Å². The number of carbonyl (C=O) groups is 3. The van der Waals surface area contributed by atoms with Crippen LogP contribution in [0.1, 0.15) is 29.9 Å². The van der Waals surface area contributed by atoms with Gasteiger partial charge in [0, 0.05) is 12.1 Å². The lowest BCUT2D eigenvalue weighted by Crippen LogP contribution is -2.51. The van der Waals surface area contributed by atoms with E-state index >= 15 is 0 Å². The number of benzene rings is 3. The molecule has 3 atom stereocenters. The van der Waals surface area contributed by atoms with E-state index in [2.05, 4.69) is 10.6 Å². The lowest BCUT2D eigenvalue weighted by molar-refractivity contribution is -0.143. The van der Waals surface area contributed by atoms with Crippen LogP contribution in [-0.4, -0.2) is 36.5 Å². The van der Waals surface area contributed by atoms with E-state index in [1.165, 1.54) is 29.2 Å². The average Bonchev–Trinajstić information content (AvgIpc) is 3.07. The fourth-order valence-electron chi connectivity index (χ4n) is 4.87. The van der Waals surface area contributed by atoms with Crippen LogP contribution in [-0.2, 0) is 14.4 Å². The van der Waals surface area contributed by atoms with Gasteiger partial charge in [0.2, 0.25) is 17.7 Å². The minimum Gasteiger partial charge on any atom is -0.369 e. The van der Waals surface area contributed by atoms with Crippen molar-refractivity contribution < 1.29 is 31.9 Å². The number of nitrogens with zero attached hydrogens (tertiary/aromatic N) is 2. The van der Waals surface area contributed by atoms with Gasteiger partial charge in [0.15, 0.2) is 0 Å². The van der Waals surface area contributed by atoms with Crippen LogP contribution in [0, 0.1) is 23.1 Å². The highest BCUT2D eigenvalue weighted by Crippen LogP contribution is 2.40. The molecule has 8 nitrogen and oxygen atoms in total. The van der Waals surface area contributed by atoms with Crippen LogP contribution >= 0.6 is 11.6 Å². The summed E-state index contributed by atoms with van der Waals surface area (Å²) in [5.41, 5.74) is 6.37. The molecule has 0 saturated heterocycles. The molecular weight excluding hydrogens is 578 g/mol. The van der Waals surface area contributed by atoms with Crippen molar-refractivity contribution >= 4 is 46.4 Å². The zero-order valence-electron chi connectivity index (χ0n) is 21.8. The number of fused-ring (bicyclic) bond motifs is 1. The highest BCUT2D eigenvalue weighted by Gasteiger charge is 2.40. The summed E-state index contributed by atoms with van der Waals surface area (Å²) in [5.74, 6) is -6.49. The molecule has 1 aliphatic rings. The molecule has 0 unspecified atom stereocenters. The molecule has 42 heavy (non-hydrogen) atoms. The normalized spacial score (nSPS) is 16.3. The maximum absolute atomic E-state index is 14.4. The summed E-state index contributed by atoms with van der Waals surface area (Å²) in [6, 6.07) is 16.4. The van der Waals surface area contributed by atoms with Gasteiger partial charge in [0.05, 0.1) is 46.4 Å². The largest absolute Gasteiger partial charge is 0.389 e. The molecule has 218 valence electrons. The molecule has 13 heteroatoms. The second-order valence-electron chi connectivity index (χ2n) is 9.66. The molecule has 4 rings (SSSR count). The van der Waals surface area contributed by atoms with E-state index in [4.69, 9.17) is 17.3 Å². The highest BCUT2D eigenvalue weighted by molar-refractivity contribution is 6.34. The zero-order chi connectivity index (χ0) is 30.6. The number of nitrogens with two attached hydrogens (primary N) is 1. The number of nitrogens with one attached hydrogen (secondary N) is 2. The molecule has 3 aromatic carbocycles. The number of carbonyl (C=O) groups excluding carboxylic acids is 3. The van der Waals surface area contributed by atoms with E-state index in [9.17, 15) is 37.2 Å². The van der Waals surface area contributed by atoms with E-state index in [0.29, 0.717) is 5.69 Å². The zero-order valence-corrected chi connectivity index (χ0v) is 22.5. The number of hydrogen-bond acceptors (Lipinski definition) is 5. The Labute approximate surface area is 243 Å². The first-order valence-electron chi connectivity index (χ1n) is 12.7. The fraction of sp³-hybridized carbons (Fsp3) is 0.241. The summed E-state index contributed by atoms with van der Waals surface area (Å²) in [6.45, 7) is -0.287. The number of hydrogen-bond donors (Lipinski definition) is 3. The molecule has 0 aliphatic carbocycles. The molecule has 3 amide bonds. The van der Waals surface area contributed by atoms with E-state index in [-0.39, 0.29) is 34.1 Å². The molecule has 1 heterocycles. The lowest BCUT2D eigenvalue weighted by Gasteiger charge is -2.29. The maximum Gasteiger partial charge on any atom is 0.389 e.